The molecule has 0 fully saturated rings. The second-order valence-electron chi connectivity index (χ2n) is 29.2. The largest absolute Gasteiger partial charge is 0.466 e. The van der Waals surface area contributed by atoms with Crippen LogP contribution in [0.3, 0.4) is 0 Å². The normalized spacial score (nSPS) is 12.5. The fourth-order valence-corrected chi connectivity index (χ4v) is 13.6. The summed E-state index contributed by atoms with van der Waals surface area (Å²) < 4.78 is 5.49. The third kappa shape index (κ3) is 77.2. The Balaban J connectivity index is 3.31. The van der Waals surface area contributed by atoms with Crippen LogP contribution in [0.4, 0.5) is 0 Å². The molecular weight excluding hydrogens is 1110 g/mol. The molecule has 0 rings (SSSR count). The van der Waals surface area contributed by atoms with Gasteiger partial charge in [0.05, 0.1) is 25.4 Å². The maximum absolute atomic E-state index is 12.6. The van der Waals surface area contributed by atoms with E-state index in [0.717, 1.165) is 51.4 Å². The maximum atomic E-state index is 12.6. The maximum Gasteiger partial charge on any atom is 0.305 e. The summed E-state index contributed by atoms with van der Waals surface area (Å²) >= 11 is 0. The van der Waals surface area contributed by atoms with Crippen molar-refractivity contribution in [1.82, 2.24) is 5.32 Å². The fourth-order valence-electron chi connectivity index (χ4n) is 13.6. The summed E-state index contributed by atoms with van der Waals surface area (Å²) in [5.41, 5.74) is 0. The number of carbonyl (C=O) groups excluding carboxylic acids is 2. The molecule has 3 N–H and O–H groups in total. The average Bonchev–Trinajstić information content (AvgIpc) is 3.68. The lowest BCUT2D eigenvalue weighted by Gasteiger charge is -2.22. The van der Waals surface area contributed by atoms with E-state index in [-0.39, 0.29) is 18.5 Å². The van der Waals surface area contributed by atoms with Crippen molar-refractivity contribution in [2.75, 3.05) is 13.2 Å². The lowest BCUT2D eigenvalue weighted by atomic mass is 10.0. The van der Waals surface area contributed by atoms with Crippen LogP contribution in [0.15, 0.2) is 24.3 Å². The molecule has 0 aliphatic heterocycles. The van der Waals surface area contributed by atoms with Crippen LogP contribution in [-0.2, 0) is 14.3 Å². The van der Waals surface area contributed by atoms with Gasteiger partial charge < -0.3 is 20.3 Å². The highest BCUT2D eigenvalue weighted by molar-refractivity contribution is 5.76. The Morgan fingerprint density at radius 2 is 0.571 bits per heavy atom. The van der Waals surface area contributed by atoms with Crippen LogP contribution in [-0.4, -0.2) is 47.4 Å². The summed E-state index contributed by atoms with van der Waals surface area (Å²) in [7, 11) is 0. The average molecular weight is 1280 g/mol. The SMILES string of the molecule is CCC/C=C\C/C=C\CCCCCCCC(=O)OCCCCCCCCCCCCCCCCCCCCCCCCCCCCCCCCCCCCCCCC(=O)NC(CO)C(O)CCCCCCCCCCCCCCCCCCCCCCCCCC. The number of hydrogen-bond donors (Lipinski definition) is 3. The van der Waals surface area contributed by atoms with Gasteiger partial charge in [0.2, 0.25) is 5.91 Å². The monoisotopic (exact) mass is 1280 g/mol. The van der Waals surface area contributed by atoms with Crippen LogP contribution in [0.5, 0.6) is 0 Å². The molecule has 6 nitrogen and oxygen atoms in total. The van der Waals surface area contributed by atoms with Crippen LogP contribution in [0.1, 0.15) is 483 Å². The van der Waals surface area contributed by atoms with Gasteiger partial charge in [-0.2, -0.15) is 0 Å². The lowest BCUT2D eigenvalue weighted by molar-refractivity contribution is -0.143. The molecule has 0 aromatic carbocycles. The van der Waals surface area contributed by atoms with E-state index < -0.39 is 12.1 Å². The van der Waals surface area contributed by atoms with E-state index in [2.05, 4.69) is 43.5 Å². The molecule has 0 aliphatic carbocycles. The second-order valence-corrected chi connectivity index (χ2v) is 29.2. The number of ether oxygens (including phenoxy) is 1. The van der Waals surface area contributed by atoms with Crippen molar-refractivity contribution >= 4 is 11.9 Å². The molecule has 0 aliphatic rings. The molecular formula is C85H165NO5. The number of unbranched alkanes of at least 4 members (excludes halogenated alkanes) is 65. The van der Waals surface area contributed by atoms with Crippen molar-refractivity contribution < 1.29 is 24.5 Å². The van der Waals surface area contributed by atoms with Crippen LogP contribution in [0, 0.1) is 0 Å². The molecule has 0 aromatic rings. The van der Waals surface area contributed by atoms with Gasteiger partial charge in [-0.3, -0.25) is 9.59 Å². The number of esters is 1. The Morgan fingerprint density at radius 3 is 0.879 bits per heavy atom. The zero-order valence-corrected chi connectivity index (χ0v) is 62.1. The second kappa shape index (κ2) is 80.8. The first-order chi connectivity index (χ1) is 45.0. The van der Waals surface area contributed by atoms with Gasteiger partial charge in [-0.05, 0) is 51.4 Å². The molecule has 0 spiro atoms. The van der Waals surface area contributed by atoms with Gasteiger partial charge in [0.25, 0.3) is 0 Å². The van der Waals surface area contributed by atoms with Gasteiger partial charge in [-0.15, -0.1) is 0 Å². The van der Waals surface area contributed by atoms with Gasteiger partial charge >= 0.3 is 5.97 Å². The summed E-state index contributed by atoms with van der Waals surface area (Å²) in [6.45, 7) is 4.94. The van der Waals surface area contributed by atoms with Crippen molar-refractivity contribution in [1.29, 1.82) is 0 Å². The highest BCUT2D eigenvalue weighted by Crippen LogP contribution is 2.21. The summed E-state index contributed by atoms with van der Waals surface area (Å²) in [6.07, 6.45) is 104. The van der Waals surface area contributed by atoms with Crippen molar-refractivity contribution in [2.24, 2.45) is 0 Å². The van der Waals surface area contributed by atoms with Gasteiger partial charge in [-0.1, -0.05) is 443 Å². The third-order valence-corrected chi connectivity index (χ3v) is 20.0. The van der Waals surface area contributed by atoms with E-state index in [4.69, 9.17) is 4.74 Å². The van der Waals surface area contributed by atoms with Gasteiger partial charge in [0, 0.05) is 12.8 Å². The number of hydrogen-bond acceptors (Lipinski definition) is 5. The summed E-state index contributed by atoms with van der Waals surface area (Å²) in [4.78, 5) is 24.6. The minimum Gasteiger partial charge on any atom is -0.466 e. The Kier molecular flexibility index (Phi) is 79.3. The van der Waals surface area contributed by atoms with Crippen LogP contribution >= 0.6 is 0 Å². The van der Waals surface area contributed by atoms with E-state index in [0.29, 0.717) is 25.9 Å². The van der Waals surface area contributed by atoms with Gasteiger partial charge in [0.1, 0.15) is 0 Å². The molecule has 1 amide bonds. The number of rotatable bonds is 80. The lowest BCUT2D eigenvalue weighted by Crippen LogP contribution is -2.45. The molecule has 540 valence electrons. The van der Waals surface area contributed by atoms with Crippen LogP contribution in [0.2, 0.25) is 0 Å². The first kappa shape index (κ1) is 89.3. The number of nitrogens with one attached hydrogen (secondary N) is 1. The van der Waals surface area contributed by atoms with E-state index >= 15 is 0 Å². The predicted molar refractivity (Wildman–Crippen MR) is 403 cm³/mol. The summed E-state index contributed by atoms with van der Waals surface area (Å²) in [5.74, 6) is -0.0141. The van der Waals surface area contributed by atoms with Gasteiger partial charge in [-0.25, -0.2) is 0 Å². The highest BCUT2D eigenvalue weighted by atomic mass is 16.5. The minimum absolute atomic E-state index is 0.00886. The summed E-state index contributed by atoms with van der Waals surface area (Å²) in [6, 6.07) is -0.538. The topological polar surface area (TPSA) is 95.9 Å². The number of aliphatic hydroxyl groups is 2. The molecule has 0 heterocycles. The third-order valence-electron chi connectivity index (χ3n) is 20.0. The van der Waals surface area contributed by atoms with Crippen LogP contribution < -0.4 is 5.32 Å². The summed E-state index contributed by atoms with van der Waals surface area (Å²) in [5, 5.41) is 23.5. The van der Waals surface area contributed by atoms with Crippen molar-refractivity contribution in [2.45, 2.75) is 495 Å². The fraction of sp³-hybridized carbons (Fsp3) is 0.929. The smallest absolute Gasteiger partial charge is 0.305 e. The number of amides is 1. The highest BCUT2D eigenvalue weighted by Gasteiger charge is 2.20. The molecule has 0 saturated carbocycles. The van der Waals surface area contributed by atoms with E-state index in [1.165, 1.54) is 398 Å². The molecule has 2 atom stereocenters. The number of aliphatic hydroxyl groups excluding tert-OH is 2. The van der Waals surface area contributed by atoms with E-state index in [9.17, 15) is 19.8 Å². The molecule has 6 heteroatoms. The Bertz CT molecular complexity index is 1430. The predicted octanol–water partition coefficient (Wildman–Crippen LogP) is 28.0. The molecule has 91 heavy (non-hydrogen) atoms. The minimum atomic E-state index is -0.661. The molecule has 0 bridgehead atoms. The number of carbonyl (C=O) groups is 2. The van der Waals surface area contributed by atoms with E-state index in [1.807, 2.05) is 0 Å². The Morgan fingerprint density at radius 1 is 0.308 bits per heavy atom. The first-order valence-corrected chi connectivity index (χ1v) is 42.1. The standard InChI is InChI=1S/C85H165NO5/c1-3-5-7-9-11-13-15-17-18-19-20-21-22-38-41-44-47-50-54-57-61-65-69-73-77-83(88)82(81-87)86-84(89)78-74-70-66-62-58-55-51-48-45-42-39-36-34-32-30-28-26-24-23-25-27-29-31-33-35-37-40-43-46-49-52-56-60-64-68-72-76-80-91-85(90)79-75-71-67-63-59-53-16-14-12-10-8-6-4-2/h8,10,14,16,82-83,87-88H,3-7,9,11-13,15,17-81H2,1-2H3,(H,86,89)/b10-8-,16-14-. The Hall–Kier alpha value is -1.66. The Labute approximate surface area is 571 Å². The molecule has 0 radical (unpaired) electrons. The molecule has 0 aromatic heterocycles. The molecule has 2 unspecified atom stereocenters. The zero-order valence-electron chi connectivity index (χ0n) is 62.1. The van der Waals surface area contributed by atoms with Crippen molar-refractivity contribution in [3.63, 3.8) is 0 Å². The first-order valence-electron chi connectivity index (χ1n) is 42.1. The van der Waals surface area contributed by atoms with Crippen molar-refractivity contribution in [3.8, 4) is 0 Å². The van der Waals surface area contributed by atoms with Crippen molar-refractivity contribution in [3.05, 3.63) is 24.3 Å². The number of allylic oxidation sites excluding steroid dienone is 4. The zero-order chi connectivity index (χ0) is 65.6. The van der Waals surface area contributed by atoms with E-state index in [1.54, 1.807) is 0 Å². The molecule has 0 saturated heterocycles. The quantitative estimate of drug-likeness (QED) is 0.0320. The van der Waals surface area contributed by atoms with Gasteiger partial charge in [0.15, 0.2) is 0 Å². The van der Waals surface area contributed by atoms with Crippen LogP contribution in [0.25, 0.3) is 0 Å².